The van der Waals surface area contributed by atoms with Crippen LogP contribution in [0.4, 0.5) is 31.2 Å². The predicted molar refractivity (Wildman–Crippen MR) is 187 cm³/mol. The van der Waals surface area contributed by atoms with Crippen molar-refractivity contribution in [1.82, 2.24) is 9.55 Å². The normalized spacial score (nSPS) is 12.0. The summed E-state index contributed by atoms with van der Waals surface area (Å²) in [5.41, 5.74) is 0.101. The number of anilines is 3. The number of nitrogens with one attached hydrogen (secondary N) is 2. The number of benzene rings is 2. The van der Waals surface area contributed by atoms with Crippen LogP contribution in [0.1, 0.15) is 84.8 Å². The van der Waals surface area contributed by atoms with Crippen molar-refractivity contribution in [3.63, 3.8) is 0 Å². The monoisotopic (exact) mass is 673 g/mol. The van der Waals surface area contributed by atoms with Crippen molar-refractivity contribution in [1.29, 1.82) is 0 Å². The number of amides is 4. The number of rotatable bonds is 7. The van der Waals surface area contributed by atoms with Crippen LogP contribution < -0.4 is 15.5 Å². The van der Waals surface area contributed by atoms with E-state index in [4.69, 9.17) is 9.47 Å². The van der Waals surface area contributed by atoms with Gasteiger partial charge in [-0.05, 0) is 89.4 Å². The number of ether oxygens (including phenoxy) is 2. The Morgan fingerprint density at radius 2 is 1.41 bits per heavy atom. The summed E-state index contributed by atoms with van der Waals surface area (Å²) < 4.78 is 27.3. The second-order valence-corrected chi connectivity index (χ2v) is 14.9. The van der Waals surface area contributed by atoms with Gasteiger partial charge in [-0.15, -0.1) is 0 Å². The molecule has 2 aromatic carbocycles. The molecule has 2 heterocycles. The molecule has 0 aliphatic carbocycles. The second-order valence-electron chi connectivity index (χ2n) is 14.9. The average molecular weight is 674 g/mol. The molecule has 0 saturated carbocycles. The molecule has 2 aromatic heterocycles. The van der Waals surface area contributed by atoms with E-state index in [1.54, 1.807) is 88.6 Å². The molecule has 11 nitrogen and oxygen atoms in total. The van der Waals surface area contributed by atoms with E-state index in [1.165, 1.54) is 24.4 Å². The number of carbonyl (C=O) groups excluding carboxylic acids is 4. The van der Waals surface area contributed by atoms with Crippen LogP contribution in [0.5, 0.6) is 0 Å². The highest BCUT2D eigenvalue weighted by molar-refractivity contribution is 6.09. The Bertz CT molecular complexity index is 1840. The molecule has 0 bridgehead atoms. The first-order chi connectivity index (χ1) is 22.7. The van der Waals surface area contributed by atoms with Gasteiger partial charge < -0.3 is 24.7 Å². The summed E-state index contributed by atoms with van der Waals surface area (Å²) in [6, 6.07) is 16.1. The number of hydrogen-bond acceptors (Lipinski definition) is 7. The zero-order valence-electron chi connectivity index (χ0n) is 29.4. The smallest absolute Gasteiger partial charge is 0.425 e. The summed E-state index contributed by atoms with van der Waals surface area (Å²) in [4.78, 5) is 57.3. The summed E-state index contributed by atoms with van der Waals surface area (Å²) in [7, 11) is 0. The number of pyridine rings is 1. The maximum atomic E-state index is 14.8. The molecule has 2 N–H and O–H groups in total. The van der Waals surface area contributed by atoms with Crippen LogP contribution in [0.2, 0.25) is 0 Å². The van der Waals surface area contributed by atoms with Gasteiger partial charge in [0, 0.05) is 28.6 Å². The van der Waals surface area contributed by atoms with Crippen LogP contribution in [0.3, 0.4) is 0 Å². The molecule has 0 unspecified atom stereocenters. The van der Waals surface area contributed by atoms with Gasteiger partial charge in [0.1, 0.15) is 28.5 Å². The Morgan fingerprint density at radius 3 is 1.96 bits per heavy atom. The molecule has 0 atom stereocenters. The Balaban J connectivity index is 1.65. The molecule has 4 rings (SSSR count). The van der Waals surface area contributed by atoms with Crippen molar-refractivity contribution in [2.24, 2.45) is 5.41 Å². The van der Waals surface area contributed by atoms with E-state index >= 15 is 0 Å². The van der Waals surface area contributed by atoms with Gasteiger partial charge in [0.2, 0.25) is 5.91 Å². The number of imide groups is 1. The highest BCUT2D eigenvalue weighted by Gasteiger charge is 2.33. The number of carbonyl (C=O) groups is 4. The van der Waals surface area contributed by atoms with Gasteiger partial charge in [0.05, 0.1) is 18.4 Å². The molecule has 12 heteroatoms. The van der Waals surface area contributed by atoms with E-state index in [9.17, 15) is 23.6 Å². The van der Waals surface area contributed by atoms with Gasteiger partial charge in [-0.2, -0.15) is 4.90 Å². The van der Waals surface area contributed by atoms with Crippen molar-refractivity contribution >= 4 is 52.1 Å². The highest BCUT2D eigenvalue weighted by atomic mass is 19.1. The third-order valence-corrected chi connectivity index (χ3v) is 6.78. The minimum Gasteiger partial charge on any atom is -0.443 e. The number of halogens is 1. The molecule has 0 aliphatic heterocycles. The zero-order valence-corrected chi connectivity index (χ0v) is 29.4. The summed E-state index contributed by atoms with van der Waals surface area (Å²) in [6.07, 6.45) is -0.329. The molecule has 0 saturated heterocycles. The molecule has 4 amide bonds. The van der Waals surface area contributed by atoms with Crippen LogP contribution >= 0.6 is 0 Å². The van der Waals surface area contributed by atoms with Crippen LogP contribution in [-0.4, -0.2) is 44.8 Å². The molecule has 0 spiro atoms. The lowest BCUT2D eigenvalue weighted by atomic mass is 9.92. The SMILES string of the molecule is CC(C)(C)CC(=O)Nc1ccc2c(c1)cc(C(=O)Nc1ccc(N(C(=O)OC(C)(C)C)C(=O)OC(C)(C)C)nc1)n2Cc1ccccc1F. The number of hydrogen-bond donors (Lipinski definition) is 2. The van der Waals surface area contributed by atoms with Gasteiger partial charge in [-0.3, -0.25) is 9.59 Å². The van der Waals surface area contributed by atoms with Gasteiger partial charge in [0.25, 0.3) is 5.91 Å². The van der Waals surface area contributed by atoms with Crippen LogP contribution in [-0.2, 0) is 20.8 Å². The molecule has 4 aromatic rings. The van der Waals surface area contributed by atoms with Gasteiger partial charge >= 0.3 is 12.2 Å². The molecule has 260 valence electrons. The minimum absolute atomic E-state index is 0.0621. The Kier molecular flexibility index (Phi) is 10.5. The van der Waals surface area contributed by atoms with E-state index in [1.807, 2.05) is 20.8 Å². The molecule has 49 heavy (non-hydrogen) atoms. The van der Waals surface area contributed by atoms with Crippen LogP contribution in [0.15, 0.2) is 66.9 Å². The summed E-state index contributed by atoms with van der Waals surface area (Å²) in [6.45, 7) is 16.0. The summed E-state index contributed by atoms with van der Waals surface area (Å²) in [5.74, 6) is -1.14. The van der Waals surface area contributed by atoms with E-state index < -0.39 is 35.1 Å². The van der Waals surface area contributed by atoms with E-state index in [-0.39, 0.29) is 35.1 Å². The van der Waals surface area contributed by atoms with E-state index in [0.29, 0.717) is 33.5 Å². The van der Waals surface area contributed by atoms with Gasteiger partial charge in [-0.1, -0.05) is 39.0 Å². The first-order valence-electron chi connectivity index (χ1n) is 15.9. The third-order valence-electron chi connectivity index (χ3n) is 6.78. The van der Waals surface area contributed by atoms with Crippen molar-refractivity contribution in [2.45, 2.75) is 86.5 Å². The zero-order chi connectivity index (χ0) is 36.3. The Labute approximate surface area is 285 Å². The topological polar surface area (TPSA) is 132 Å². The highest BCUT2D eigenvalue weighted by Crippen LogP contribution is 2.28. The molecule has 0 aliphatic rings. The Hall–Kier alpha value is -5.26. The van der Waals surface area contributed by atoms with Crippen LogP contribution in [0, 0.1) is 11.2 Å². The lowest BCUT2D eigenvalue weighted by Gasteiger charge is -2.28. The third kappa shape index (κ3) is 10.1. The van der Waals surface area contributed by atoms with E-state index in [2.05, 4.69) is 15.6 Å². The minimum atomic E-state index is -0.974. The standard InChI is InChI=1S/C37H44FN5O6/c1-35(2,3)20-31(44)40-25-14-16-28-24(18-25)19-29(42(28)22-23-12-10-11-13-27(23)38)32(45)41-26-15-17-30(39-21-26)43(33(46)48-36(4,5)6)34(47)49-37(7,8)9/h10-19,21H,20,22H2,1-9H3,(H,40,44)(H,41,45). The molecular weight excluding hydrogens is 629 g/mol. The van der Waals surface area contributed by atoms with Gasteiger partial charge in [0.15, 0.2) is 0 Å². The van der Waals surface area contributed by atoms with Crippen molar-refractivity contribution in [3.05, 3.63) is 83.9 Å². The average Bonchev–Trinajstić information content (AvgIpc) is 3.30. The fourth-order valence-corrected chi connectivity index (χ4v) is 4.86. The second kappa shape index (κ2) is 14.1. The number of aromatic nitrogens is 2. The maximum Gasteiger partial charge on any atom is 0.425 e. The number of fused-ring (bicyclic) bond motifs is 1. The molecule has 0 radical (unpaired) electrons. The van der Waals surface area contributed by atoms with Crippen molar-refractivity contribution in [3.8, 4) is 0 Å². The van der Waals surface area contributed by atoms with Crippen LogP contribution in [0.25, 0.3) is 10.9 Å². The Morgan fingerprint density at radius 1 is 0.796 bits per heavy atom. The first-order valence-corrected chi connectivity index (χ1v) is 15.9. The van der Waals surface area contributed by atoms with Crippen molar-refractivity contribution in [2.75, 3.05) is 15.5 Å². The summed E-state index contributed by atoms with van der Waals surface area (Å²) in [5, 5.41) is 6.37. The number of nitrogens with zero attached hydrogens (tertiary/aromatic N) is 3. The quantitative estimate of drug-likeness (QED) is 0.201. The lowest BCUT2D eigenvalue weighted by molar-refractivity contribution is -0.117. The molecular formula is C37H44FN5O6. The maximum absolute atomic E-state index is 14.8. The van der Waals surface area contributed by atoms with E-state index in [0.717, 1.165) is 0 Å². The fourth-order valence-electron chi connectivity index (χ4n) is 4.86. The summed E-state index contributed by atoms with van der Waals surface area (Å²) >= 11 is 0. The molecule has 0 fully saturated rings. The lowest BCUT2D eigenvalue weighted by Crippen LogP contribution is -2.44. The van der Waals surface area contributed by atoms with Crippen molar-refractivity contribution < 1.29 is 33.0 Å². The largest absolute Gasteiger partial charge is 0.443 e. The predicted octanol–water partition coefficient (Wildman–Crippen LogP) is 8.53. The van der Waals surface area contributed by atoms with Gasteiger partial charge in [-0.25, -0.2) is 19.0 Å². The first kappa shape index (κ1) is 36.6. The fraction of sp³-hybridized carbons (Fsp3) is 0.378.